The van der Waals surface area contributed by atoms with Gasteiger partial charge in [0.15, 0.2) is 0 Å². The van der Waals surface area contributed by atoms with Crippen LogP contribution in [0.3, 0.4) is 0 Å². The van der Waals surface area contributed by atoms with Gasteiger partial charge >= 0.3 is 4.87 Å². The molecular weight excluding hydrogens is 720 g/mol. The van der Waals surface area contributed by atoms with E-state index in [4.69, 9.17) is 16.6 Å². The number of nitrogens with zero attached hydrogens (tertiary/aromatic N) is 4. The zero-order valence-corrected chi connectivity index (χ0v) is 28.4. The molecule has 1 aliphatic carbocycles. The molecule has 2 aromatic heterocycles. The third kappa shape index (κ3) is 6.60. The van der Waals surface area contributed by atoms with Gasteiger partial charge in [0.05, 0.1) is 11.1 Å². The number of aromatic nitrogens is 2. The maximum Gasteiger partial charge on any atom is 0.310 e. The molecule has 2 aliphatic heterocycles. The Labute approximate surface area is 276 Å². The molecule has 0 spiro atoms. The summed E-state index contributed by atoms with van der Waals surface area (Å²) in [5.74, 6) is 0.556. The van der Waals surface area contributed by atoms with Crippen LogP contribution in [0.1, 0.15) is 60.4 Å². The number of benzene rings is 1. The van der Waals surface area contributed by atoms with Crippen molar-refractivity contribution < 1.29 is 14.7 Å². The number of halogens is 3. The van der Waals surface area contributed by atoms with Crippen molar-refractivity contribution in [3.8, 4) is 5.88 Å². The number of likely N-dealkylation sites (tertiary alicyclic amines) is 2. The Balaban J connectivity index is 1.07. The van der Waals surface area contributed by atoms with Crippen LogP contribution in [0.25, 0.3) is 0 Å². The summed E-state index contributed by atoms with van der Waals surface area (Å²) in [6, 6.07) is 6.28. The van der Waals surface area contributed by atoms with E-state index in [1.165, 1.54) is 22.1 Å². The maximum atomic E-state index is 13.4. The molecule has 8 nitrogen and oxygen atoms in total. The minimum Gasteiger partial charge on any atom is -0.494 e. The van der Waals surface area contributed by atoms with Gasteiger partial charge in [-0.1, -0.05) is 38.9 Å². The summed E-state index contributed by atoms with van der Waals surface area (Å²) in [5, 5.41) is 11.9. The third-order valence-electron chi connectivity index (χ3n) is 9.27. The number of hydrogen-bond donors (Lipinski definition) is 1. The van der Waals surface area contributed by atoms with Crippen LogP contribution in [0, 0.1) is 11.8 Å². The fourth-order valence-corrected chi connectivity index (χ4v) is 9.10. The first kappa shape index (κ1) is 30.8. The number of piperidine rings is 2. The Kier molecular flexibility index (Phi) is 9.33. The van der Waals surface area contributed by atoms with Crippen molar-refractivity contribution in [2.75, 3.05) is 26.2 Å². The monoisotopic (exact) mass is 750 g/mol. The predicted molar refractivity (Wildman–Crippen MR) is 174 cm³/mol. The average Bonchev–Trinajstić information content (AvgIpc) is 3.20. The molecule has 0 saturated carbocycles. The Morgan fingerprint density at radius 3 is 2.35 bits per heavy atom. The van der Waals surface area contributed by atoms with Gasteiger partial charge in [-0.05, 0) is 101 Å². The molecule has 6 rings (SSSR count). The van der Waals surface area contributed by atoms with Crippen molar-refractivity contribution in [1.29, 1.82) is 0 Å². The number of aromatic hydroxyl groups is 1. The quantitative estimate of drug-likeness (QED) is 0.346. The lowest BCUT2D eigenvalue weighted by atomic mass is 9.76. The summed E-state index contributed by atoms with van der Waals surface area (Å²) >= 11 is 14.8. The lowest BCUT2D eigenvalue weighted by molar-refractivity contribution is -0.135. The zero-order valence-electron chi connectivity index (χ0n) is 23.6. The fraction of sp³-hybridized carbons (Fsp3) is 0.484. The Bertz CT molecular complexity index is 1590. The molecular formula is C31H33Br2ClN4O4S. The van der Waals surface area contributed by atoms with Gasteiger partial charge in [0.1, 0.15) is 6.54 Å². The molecule has 12 heteroatoms. The van der Waals surface area contributed by atoms with Crippen LogP contribution >= 0.6 is 54.8 Å². The lowest BCUT2D eigenvalue weighted by Gasteiger charge is -2.38. The van der Waals surface area contributed by atoms with Crippen LogP contribution in [0.5, 0.6) is 5.88 Å². The van der Waals surface area contributed by atoms with Crippen LogP contribution in [0.4, 0.5) is 0 Å². The number of aryl methyl sites for hydroxylation is 2. The highest BCUT2D eigenvalue weighted by molar-refractivity contribution is 9.10. The normalized spacial score (nSPS) is 19.6. The fourth-order valence-electron chi connectivity index (χ4n) is 6.98. The highest BCUT2D eigenvalue weighted by atomic mass is 79.9. The molecule has 0 unspecified atom stereocenters. The molecule has 3 aliphatic rings. The summed E-state index contributed by atoms with van der Waals surface area (Å²) in [4.78, 5) is 46.3. The molecule has 1 N–H and O–H groups in total. The van der Waals surface area contributed by atoms with Crippen molar-refractivity contribution in [2.45, 2.75) is 57.4 Å². The van der Waals surface area contributed by atoms with Gasteiger partial charge in [-0.3, -0.25) is 23.9 Å². The topological polar surface area (TPSA) is 95.7 Å². The highest BCUT2D eigenvalue weighted by Gasteiger charge is 2.37. The molecule has 3 aromatic rings. The lowest BCUT2D eigenvalue weighted by Crippen LogP contribution is -2.43. The van der Waals surface area contributed by atoms with Crippen LogP contribution in [0.2, 0.25) is 5.02 Å². The van der Waals surface area contributed by atoms with Crippen molar-refractivity contribution >= 4 is 66.6 Å². The zero-order chi connectivity index (χ0) is 30.2. The van der Waals surface area contributed by atoms with Gasteiger partial charge in [0, 0.05) is 58.7 Å². The number of fused-ring (bicyclic) bond motifs is 2. The summed E-state index contributed by atoms with van der Waals surface area (Å²) in [6.45, 7) is 2.41. The molecule has 228 valence electrons. The molecule has 43 heavy (non-hydrogen) atoms. The molecule has 0 bridgehead atoms. The smallest absolute Gasteiger partial charge is 0.310 e. The van der Waals surface area contributed by atoms with Gasteiger partial charge < -0.3 is 14.9 Å². The number of carbonyl (C=O) groups is 2. The number of thiazole rings is 1. The molecule has 2 amide bonds. The van der Waals surface area contributed by atoms with Gasteiger partial charge in [-0.15, -0.1) is 0 Å². The Morgan fingerprint density at radius 1 is 0.977 bits per heavy atom. The van der Waals surface area contributed by atoms with Crippen LogP contribution < -0.4 is 4.87 Å². The Hall–Kier alpha value is -2.21. The molecule has 2 fully saturated rings. The Morgan fingerprint density at radius 2 is 1.65 bits per heavy atom. The number of rotatable bonds is 5. The maximum absolute atomic E-state index is 13.4. The predicted octanol–water partition coefficient (Wildman–Crippen LogP) is 5.99. The van der Waals surface area contributed by atoms with Crippen molar-refractivity contribution in [2.24, 2.45) is 11.8 Å². The molecule has 0 radical (unpaired) electrons. The second kappa shape index (κ2) is 13.0. The second-order valence-electron chi connectivity index (χ2n) is 11.8. The van der Waals surface area contributed by atoms with Crippen molar-refractivity contribution in [3.05, 3.63) is 75.8 Å². The highest BCUT2D eigenvalue weighted by Crippen LogP contribution is 2.46. The molecule has 1 atom stereocenters. The second-order valence-corrected chi connectivity index (χ2v) is 14.9. The first-order valence-corrected chi connectivity index (χ1v) is 17.6. The van der Waals surface area contributed by atoms with E-state index in [-0.39, 0.29) is 40.9 Å². The molecule has 2 saturated heterocycles. The number of pyridine rings is 1. The van der Waals surface area contributed by atoms with E-state index >= 15 is 0 Å². The minimum absolute atomic E-state index is 0.137. The van der Waals surface area contributed by atoms with E-state index < -0.39 is 0 Å². The van der Waals surface area contributed by atoms with Gasteiger partial charge in [-0.25, -0.2) is 0 Å². The standard InChI is InChI=1S/C31H33Br2ClN4O4S/c32-22-12-21-2-1-20-13-23(34)14-24(33)28(20)29(30(21)35-15-22)19-5-9-36(10-6-19)25(39)11-18-3-7-37(8-4-18)26(40)16-38-27(41)17-43-31(38)42/h12-15,17-19,29,41H,1-11,16H2/t29-/m1/s1. The molecule has 1 aromatic carbocycles. The summed E-state index contributed by atoms with van der Waals surface area (Å²) in [6.07, 6.45) is 7.53. The summed E-state index contributed by atoms with van der Waals surface area (Å²) in [7, 11) is 0. The van der Waals surface area contributed by atoms with Gasteiger partial charge in [0.25, 0.3) is 0 Å². The summed E-state index contributed by atoms with van der Waals surface area (Å²) < 4.78 is 3.11. The first-order valence-electron chi connectivity index (χ1n) is 14.7. The number of amides is 2. The van der Waals surface area contributed by atoms with E-state index in [2.05, 4.69) is 44.0 Å². The number of hydrogen-bond acceptors (Lipinski definition) is 6. The van der Waals surface area contributed by atoms with E-state index in [1.54, 1.807) is 4.90 Å². The van der Waals surface area contributed by atoms with Crippen LogP contribution in [0.15, 0.2) is 43.5 Å². The van der Waals surface area contributed by atoms with Crippen LogP contribution in [-0.2, 0) is 29.0 Å². The number of carbonyl (C=O) groups excluding carboxylic acids is 2. The first-order chi connectivity index (χ1) is 20.7. The van der Waals surface area contributed by atoms with Gasteiger partial charge in [0.2, 0.25) is 17.7 Å². The third-order valence-corrected chi connectivity index (χ3v) is 11.3. The SMILES string of the molecule is O=C(CC1CCN(C(=O)Cn2c(O)csc2=O)CC1)N1CCC([C@H]2c3ncc(Br)cc3CCc3cc(Cl)cc(Br)c32)CC1. The summed E-state index contributed by atoms with van der Waals surface area (Å²) in [5.41, 5.74) is 4.94. The van der Waals surface area contributed by atoms with E-state index in [0.29, 0.717) is 25.4 Å². The van der Waals surface area contributed by atoms with Gasteiger partial charge in [-0.2, -0.15) is 0 Å². The largest absolute Gasteiger partial charge is 0.494 e. The van der Waals surface area contributed by atoms with Crippen molar-refractivity contribution in [3.63, 3.8) is 0 Å². The molecule has 4 heterocycles. The van der Waals surface area contributed by atoms with E-state index in [9.17, 15) is 19.5 Å². The minimum atomic E-state index is -0.344. The van der Waals surface area contributed by atoms with Crippen LogP contribution in [-0.4, -0.2) is 62.5 Å². The van der Waals surface area contributed by atoms with E-state index in [0.717, 1.165) is 87.2 Å². The van der Waals surface area contributed by atoms with E-state index in [1.807, 2.05) is 17.2 Å². The average molecular weight is 753 g/mol. The van der Waals surface area contributed by atoms with Crippen molar-refractivity contribution in [1.82, 2.24) is 19.4 Å².